The molecule has 6 heteroatoms. The maximum absolute atomic E-state index is 13.0. The Bertz CT molecular complexity index is 849. The zero-order chi connectivity index (χ0) is 18.9. The fourth-order valence-corrected chi connectivity index (χ4v) is 4.24. The van der Waals surface area contributed by atoms with E-state index in [1.165, 1.54) is 16.2 Å². The van der Waals surface area contributed by atoms with Gasteiger partial charge in [0.05, 0.1) is 18.4 Å². The molecule has 1 aliphatic rings. The Labute approximate surface area is 157 Å². The summed E-state index contributed by atoms with van der Waals surface area (Å²) in [6.07, 6.45) is 2.87. The molecule has 0 aliphatic heterocycles. The van der Waals surface area contributed by atoms with Gasteiger partial charge in [-0.25, -0.2) is 0 Å². The number of hydrogen-bond acceptors (Lipinski definition) is 4. The van der Waals surface area contributed by atoms with E-state index in [9.17, 15) is 9.59 Å². The third-order valence-electron chi connectivity index (χ3n) is 4.41. The van der Waals surface area contributed by atoms with Crippen LogP contribution < -0.4 is 15.4 Å². The molecule has 2 N–H and O–H groups in total. The van der Waals surface area contributed by atoms with Gasteiger partial charge < -0.3 is 15.4 Å². The molecule has 2 amide bonds. The molecule has 3 rings (SSSR count). The molecular weight excluding hydrogens is 348 g/mol. The highest BCUT2D eigenvalue weighted by Gasteiger charge is 2.30. The number of carbonyl (C=O) groups excluding carboxylic acids is 2. The van der Waals surface area contributed by atoms with E-state index in [1.807, 2.05) is 32.9 Å². The van der Waals surface area contributed by atoms with E-state index < -0.39 is 5.41 Å². The number of benzene rings is 1. The zero-order valence-electron chi connectivity index (χ0n) is 15.6. The minimum Gasteiger partial charge on any atom is -0.495 e. The second kappa shape index (κ2) is 7.11. The minimum atomic E-state index is -0.523. The number of carbonyl (C=O) groups is 2. The summed E-state index contributed by atoms with van der Waals surface area (Å²) < 4.78 is 5.31. The number of para-hydroxylation sites is 2. The van der Waals surface area contributed by atoms with Gasteiger partial charge in [0.15, 0.2) is 0 Å². The van der Waals surface area contributed by atoms with Gasteiger partial charge in [0, 0.05) is 10.3 Å². The zero-order valence-corrected chi connectivity index (χ0v) is 16.4. The van der Waals surface area contributed by atoms with Crippen molar-refractivity contribution < 1.29 is 14.3 Å². The molecule has 0 fully saturated rings. The fourth-order valence-electron chi connectivity index (χ4n) is 2.96. The van der Waals surface area contributed by atoms with E-state index in [4.69, 9.17) is 4.74 Å². The van der Waals surface area contributed by atoms with E-state index >= 15 is 0 Å². The number of ether oxygens (including phenoxy) is 1. The topological polar surface area (TPSA) is 67.4 Å². The van der Waals surface area contributed by atoms with Crippen LogP contribution in [0.4, 0.5) is 10.7 Å². The molecule has 5 nitrogen and oxygen atoms in total. The van der Waals surface area contributed by atoms with Crippen molar-refractivity contribution in [2.45, 2.75) is 40.0 Å². The first kappa shape index (κ1) is 18.5. The number of rotatable bonds is 4. The van der Waals surface area contributed by atoms with E-state index in [0.29, 0.717) is 22.0 Å². The summed E-state index contributed by atoms with van der Waals surface area (Å²) in [4.78, 5) is 26.7. The van der Waals surface area contributed by atoms with E-state index in [-0.39, 0.29) is 11.8 Å². The number of anilines is 2. The highest BCUT2D eigenvalue weighted by Crippen LogP contribution is 2.40. The Morgan fingerprint density at radius 2 is 1.85 bits per heavy atom. The van der Waals surface area contributed by atoms with Gasteiger partial charge in [-0.05, 0) is 37.0 Å². The average molecular weight is 372 g/mol. The molecule has 2 aromatic rings. The molecule has 1 heterocycles. The Balaban J connectivity index is 1.93. The standard InChI is InChI=1S/C20H24N2O3S/c1-20(2,3)19(24)22-18-16(12-8-7-11-15(12)26-18)17(23)21-13-9-5-6-10-14(13)25-4/h5-6,9-10H,7-8,11H2,1-4H3,(H,21,23)(H,22,24). The fraction of sp³-hybridized carbons (Fsp3) is 0.400. The third kappa shape index (κ3) is 3.60. The highest BCUT2D eigenvalue weighted by molar-refractivity contribution is 7.17. The lowest BCUT2D eigenvalue weighted by atomic mass is 9.95. The largest absolute Gasteiger partial charge is 0.495 e. The molecular formula is C20H24N2O3S. The number of hydrogen-bond donors (Lipinski definition) is 2. The number of aryl methyl sites for hydroxylation is 1. The lowest BCUT2D eigenvalue weighted by Gasteiger charge is -2.18. The first-order valence-electron chi connectivity index (χ1n) is 8.71. The number of thiophene rings is 1. The van der Waals surface area contributed by atoms with Crippen molar-refractivity contribution in [1.82, 2.24) is 0 Å². The van der Waals surface area contributed by atoms with Gasteiger partial charge in [0.1, 0.15) is 10.8 Å². The van der Waals surface area contributed by atoms with Crippen LogP contribution >= 0.6 is 11.3 Å². The molecule has 1 aromatic heterocycles. The van der Waals surface area contributed by atoms with Crippen LogP contribution in [-0.4, -0.2) is 18.9 Å². The highest BCUT2D eigenvalue weighted by atomic mass is 32.1. The molecule has 1 aromatic carbocycles. The van der Waals surface area contributed by atoms with E-state index in [1.54, 1.807) is 19.2 Å². The number of fused-ring (bicyclic) bond motifs is 1. The summed E-state index contributed by atoms with van der Waals surface area (Å²) in [5.41, 5.74) is 1.74. The Morgan fingerprint density at radius 3 is 2.54 bits per heavy atom. The maximum atomic E-state index is 13.0. The van der Waals surface area contributed by atoms with Crippen LogP contribution in [0.1, 0.15) is 48.0 Å². The molecule has 0 unspecified atom stereocenters. The van der Waals surface area contributed by atoms with Gasteiger partial charge in [-0.15, -0.1) is 11.3 Å². The van der Waals surface area contributed by atoms with Gasteiger partial charge in [0.25, 0.3) is 5.91 Å². The van der Waals surface area contributed by atoms with Crippen molar-refractivity contribution in [3.8, 4) is 5.75 Å². The summed E-state index contributed by atoms with van der Waals surface area (Å²) in [6.45, 7) is 5.58. The summed E-state index contributed by atoms with van der Waals surface area (Å²) in [5, 5.41) is 6.54. The second-order valence-corrected chi connectivity index (χ2v) is 8.53. The van der Waals surface area contributed by atoms with Crippen LogP contribution in [0, 0.1) is 5.41 Å². The third-order valence-corrected chi connectivity index (χ3v) is 5.62. The molecule has 26 heavy (non-hydrogen) atoms. The van der Waals surface area contributed by atoms with Gasteiger partial charge in [-0.3, -0.25) is 9.59 Å². The molecule has 0 bridgehead atoms. The van der Waals surface area contributed by atoms with Crippen LogP contribution in [-0.2, 0) is 17.6 Å². The van der Waals surface area contributed by atoms with Crippen LogP contribution in [0.2, 0.25) is 0 Å². The van der Waals surface area contributed by atoms with Crippen molar-refractivity contribution in [2.75, 3.05) is 17.7 Å². The van der Waals surface area contributed by atoms with Gasteiger partial charge in [-0.2, -0.15) is 0 Å². The van der Waals surface area contributed by atoms with Crippen molar-refractivity contribution in [3.05, 3.63) is 40.3 Å². The van der Waals surface area contributed by atoms with Gasteiger partial charge in [0.2, 0.25) is 5.91 Å². The molecule has 0 saturated heterocycles. The predicted octanol–water partition coefficient (Wildman–Crippen LogP) is 4.48. The Hall–Kier alpha value is -2.34. The van der Waals surface area contributed by atoms with Crippen LogP contribution in [0.5, 0.6) is 5.75 Å². The molecule has 1 aliphatic carbocycles. The Morgan fingerprint density at radius 1 is 1.12 bits per heavy atom. The van der Waals surface area contributed by atoms with E-state index in [2.05, 4.69) is 10.6 Å². The summed E-state index contributed by atoms with van der Waals surface area (Å²) in [6, 6.07) is 7.30. The quantitative estimate of drug-likeness (QED) is 0.831. The normalized spacial score (nSPS) is 13.2. The lowest BCUT2D eigenvalue weighted by molar-refractivity contribution is -0.123. The maximum Gasteiger partial charge on any atom is 0.259 e. The van der Waals surface area contributed by atoms with Crippen LogP contribution in [0.15, 0.2) is 24.3 Å². The SMILES string of the molecule is COc1ccccc1NC(=O)c1c(NC(=O)C(C)(C)C)sc2c1CCC2. The van der Waals surface area contributed by atoms with Crippen molar-refractivity contribution >= 4 is 33.8 Å². The summed E-state index contributed by atoms with van der Waals surface area (Å²) >= 11 is 1.52. The summed E-state index contributed by atoms with van der Waals surface area (Å²) in [5.74, 6) is 0.301. The lowest BCUT2D eigenvalue weighted by Crippen LogP contribution is -2.28. The molecule has 0 atom stereocenters. The first-order chi connectivity index (χ1) is 12.3. The molecule has 0 spiro atoms. The van der Waals surface area contributed by atoms with Crippen molar-refractivity contribution in [1.29, 1.82) is 0 Å². The second-order valence-electron chi connectivity index (χ2n) is 7.42. The smallest absolute Gasteiger partial charge is 0.259 e. The Kier molecular flexibility index (Phi) is 5.05. The monoisotopic (exact) mass is 372 g/mol. The first-order valence-corrected chi connectivity index (χ1v) is 9.53. The average Bonchev–Trinajstić information content (AvgIpc) is 3.14. The van der Waals surface area contributed by atoms with Crippen molar-refractivity contribution in [2.24, 2.45) is 5.41 Å². The molecule has 0 radical (unpaired) electrons. The van der Waals surface area contributed by atoms with Gasteiger partial charge in [-0.1, -0.05) is 32.9 Å². The number of nitrogens with one attached hydrogen (secondary N) is 2. The number of amides is 2. The summed E-state index contributed by atoms with van der Waals surface area (Å²) in [7, 11) is 1.57. The molecule has 138 valence electrons. The number of methoxy groups -OCH3 is 1. The minimum absolute atomic E-state index is 0.0937. The van der Waals surface area contributed by atoms with E-state index in [0.717, 1.165) is 24.8 Å². The van der Waals surface area contributed by atoms with Crippen LogP contribution in [0.3, 0.4) is 0 Å². The van der Waals surface area contributed by atoms with Crippen molar-refractivity contribution in [3.63, 3.8) is 0 Å². The van der Waals surface area contributed by atoms with Gasteiger partial charge >= 0.3 is 0 Å². The molecule has 0 saturated carbocycles. The predicted molar refractivity (Wildman–Crippen MR) is 105 cm³/mol. The van der Waals surface area contributed by atoms with Crippen LogP contribution in [0.25, 0.3) is 0 Å².